The molecule has 0 radical (unpaired) electrons. The fraction of sp³-hybridized carbons (Fsp3) is 0.342. The number of benzene rings is 2. The van der Waals surface area contributed by atoms with Crippen LogP contribution in [0.2, 0.25) is 0 Å². The number of carbonyl (C=O) groups excluding carboxylic acids is 1. The second-order valence-electron chi connectivity index (χ2n) is 13.9. The molecule has 1 amide bonds. The predicted octanol–water partition coefficient (Wildman–Crippen LogP) is 5.74. The molecule has 10 nitrogen and oxygen atoms in total. The van der Waals surface area contributed by atoms with Gasteiger partial charge in [0.05, 0.1) is 34.9 Å². The van der Waals surface area contributed by atoms with Crippen molar-refractivity contribution >= 4 is 38.3 Å². The topological polar surface area (TPSA) is 112 Å². The van der Waals surface area contributed by atoms with Gasteiger partial charge in [0, 0.05) is 91.9 Å². The van der Waals surface area contributed by atoms with Gasteiger partial charge >= 0.3 is 0 Å². The van der Waals surface area contributed by atoms with Gasteiger partial charge in [0.15, 0.2) is 0 Å². The van der Waals surface area contributed by atoms with Crippen LogP contribution in [-0.2, 0) is 22.9 Å². The molecule has 3 aromatic heterocycles. The van der Waals surface area contributed by atoms with Crippen molar-refractivity contribution < 1.29 is 22.0 Å². The van der Waals surface area contributed by atoms with Gasteiger partial charge in [-0.3, -0.25) is 24.0 Å². The number of hydrogen-bond acceptors (Lipinski definition) is 8. The van der Waals surface area contributed by atoms with Crippen LogP contribution in [0.1, 0.15) is 45.8 Å². The number of nitrogens with zero attached hydrogens (tertiary/aromatic N) is 5. The quantitative estimate of drug-likeness (QED) is 0.240. The molecule has 3 aliphatic heterocycles. The van der Waals surface area contributed by atoms with E-state index < -0.39 is 10.0 Å². The molecule has 6 heterocycles. The standard InChI is InChI=1S/C38H39FN6O4S/c1-21-18-44(19-21)25-13-23-11-12-30(42-36(23)33-15-26-29(39)7-6-8-31(26)45(33)20-25)27-14-28-34(16-32(27)43(4)50(5,47)48)49-37(35(28)38(46)40-3)24-10-9-22(2)41-17-24/h6-12,14,16-17,21,25,33H,13,15,18-20H2,1-5H3,(H,40,46). The largest absolute Gasteiger partial charge is 0.455 e. The van der Waals surface area contributed by atoms with Crippen molar-refractivity contribution in [2.24, 2.45) is 5.92 Å². The van der Waals surface area contributed by atoms with Crippen molar-refractivity contribution in [2.45, 2.75) is 38.8 Å². The number of amides is 1. The summed E-state index contributed by atoms with van der Waals surface area (Å²) in [5.74, 6) is 0.408. The number of likely N-dealkylation sites (tertiary alicyclic amines) is 1. The van der Waals surface area contributed by atoms with Gasteiger partial charge in [-0.25, -0.2) is 12.8 Å². The van der Waals surface area contributed by atoms with Crippen LogP contribution in [0, 0.1) is 18.7 Å². The van der Waals surface area contributed by atoms with Crippen LogP contribution in [0.15, 0.2) is 65.2 Å². The van der Waals surface area contributed by atoms with E-state index in [0.717, 1.165) is 54.9 Å². The second-order valence-corrected chi connectivity index (χ2v) is 16.0. The van der Waals surface area contributed by atoms with Gasteiger partial charge in [-0.15, -0.1) is 0 Å². The summed E-state index contributed by atoms with van der Waals surface area (Å²) < 4.78 is 48.8. The first kappa shape index (κ1) is 32.4. The van der Waals surface area contributed by atoms with E-state index >= 15 is 4.39 Å². The van der Waals surface area contributed by atoms with Crippen molar-refractivity contribution in [3.8, 4) is 22.6 Å². The Bertz CT molecular complexity index is 2280. The number of rotatable bonds is 6. The molecule has 3 aliphatic rings. The van der Waals surface area contributed by atoms with Crippen LogP contribution in [0.3, 0.4) is 0 Å². The molecule has 2 atom stereocenters. The van der Waals surface area contributed by atoms with E-state index in [4.69, 9.17) is 9.40 Å². The molecule has 50 heavy (non-hydrogen) atoms. The number of fused-ring (bicyclic) bond motifs is 6. The maximum Gasteiger partial charge on any atom is 0.255 e. The van der Waals surface area contributed by atoms with E-state index in [1.54, 1.807) is 31.4 Å². The lowest BCUT2D eigenvalue weighted by atomic mass is 9.94. The fourth-order valence-corrected chi connectivity index (χ4v) is 8.35. The van der Waals surface area contributed by atoms with E-state index in [-0.39, 0.29) is 23.8 Å². The summed E-state index contributed by atoms with van der Waals surface area (Å²) in [6.45, 7) is 6.95. The third kappa shape index (κ3) is 5.32. The fourth-order valence-electron chi connectivity index (χ4n) is 7.84. The summed E-state index contributed by atoms with van der Waals surface area (Å²) in [4.78, 5) is 28.0. The monoisotopic (exact) mass is 694 g/mol. The Labute approximate surface area is 291 Å². The van der Waals surface area contributed by atoms with Gasteiger partial charge in [0.1, 0.15) is 17.2 Å². The van der Waals surface area contributed by atoms with Crippen LogP contribution in [-0.4, -0.2) is 75.2 Å². The molecule has 258 valence electrons. The van der Waals surface area contributed by atoms with Gasteiger partial charge in [0.2, 0.25) is 10.0 Å². The summed E-state index contributed by atoms with van der Waals surface area (Å²) in [5.41, 5.74) is 7.08. The minimum Gasteiger partial charge on any atom is -0.455 e. The number of aryl methyl sites for hydroxylation is 1. The predicted molar refractivity (Wildman–Crippen MR) is 192 cm³/mol. The van der Waals surface area contributed by atoms with E-state index in [2.05, 4.69) is 33.1 Å². The highest BCUT2D eigenvalue weighted by atomic mass is 32.2. The highest BCUT2D eigenvalue weighted by molar-refractivity contribution is 7.92. The highest BCUT2D eigenvalue weighted by Gasteiger charge is 2.41. The molecule has 1 saturated heterocycles. The molecule has 8 rings (SSSR count). The first-order valence-electron chi connectivity index (χ1n) is 16.9. The Morgan fingerprint density at radius 2 is 1.88 bits per heavy atom. The number of nitrogens with one attached hydrogen (secondary N) is 1. The van der Waals surface area contributed by atoms with Crippen molar-refractivity contribution in [3.63, 3.8) is 0 Å². The lowest BCUT2D eigenvalue weighted by Crippen LogP contribution is -2.54. The average Bonchev–Trinajstić information content (AvgIpc) is 3.59. The van der Waals surface area contributed by atoms with Crippen molar-refractivity contribution in [1.29, 1.82) is 0 Å². The lowest BCUT2D eigenvalue weighted by Gasteiger charge is -2.44. The molecular weight excluding hydrogens is 656 g/mol. The number of furan rings is 1. The Hall–Kier alpha value is -4.81. The minimum absolute atomic E-state index is 0.184. The Morgan fingerprint density at radius 3 is 2.58 bits per heavy atom. The minimum atomic E-state index is -3.71. The second kappa shape index (κ2) is 11.9. The molecule has 12 heteroatoms. The van der Waals surface area contributed by atoms with Crippen LogP contribution >= 0.6 is 0 Å². The third-order valence-corrected chi connectivity index (χ3v) is 11.7. The van der Waals surface area contributed by atoms with Crippen molar-refractivity contribution in [2.75, 3.05) is 49.2 Å². The SMILES string of the molecule is CNC(=O)c1c(-c2ccc(C)nc2)oc2cc(N(C)S(C)(=O)=O)c(-c3ccc4c(n3)C3Cc5c(F)cccc5N3CC(N3CC(C)C3)C4)cc12. The number of sulfonamides is 1. The first-order chi connectivity index (χ1) is 23.9. The van der Waals surface area contributed by atoms with E-state index in [0.29, 0.717) is 62.7 Å². The number of hydrogen-bond donors (Lipinski definition) is 1. The van der Waals surface area contributed by atoms with Gasteiger partial charge in [-0.2, -0.15) is 0 Å². The van der Waals surface area contributed by atoms with E-state index in [1.807, 2.05) is 31.2 Å². The molecule has 1 N–H and O–H groups in total. The summed E-state index contributed by atoms with van der Waals surface area (Å²) >= 11 is 0. The van der Waals surface area contributed by atoms with E-state index in [1.165, 1.54) is 17.4 Å². The van der Waals surface area contributed by atoms with Crippen LogP contribution in [0.25, 0.3) is 33.6 Å². The number of halogens is 1. The molecule has 1 fully saturated rings. The van der Waals surface area contributed by atoms with Crippen LogP contribution in [0.4, 0.5) is 15.8 Å². The van der Waals surface area contributed by atoms with Gasteiger partial charge in [0.25, 0.3) is 5.91 Å². The normalized spacial score (nSPS) is 19.0. The molecule has 2 aromatic carbocycles. The average molecular weight is 695 g/mol. The molecule has 5 aromatic rings. The van der Waals surface area contributed by atoms with Crippen LogP contribution in [0.5, 0.6) is 0 Å². The first-order valence-corrected chi connectivity index (χ1v) is 18.7. The Morgan fingerprint density at radius 1 is 1.08 bits per heavy atom. The number of anilines is 2. The zero-order valence-electron chi connectivity index (χ0n) is 28.7. The zero-order chi connectivity index (χ0) is 35.1. The molecule has 0 bridgehead atoms. The summed E-state index contributed by atoms with van der Waals surface area (Å²) in [7, 11) is -0.663. The molecule has 0 aliphatic carbocycles. The Balaban J connectivity index is 1.33. The number of carbonyl (C=O) groups is 1. The molecule has 0 spiro atoms. The summed E-state index contributed by atoms with van der Waals surface area (Å²) in [6.07, 6.45) is 4.09. The molecular formula is C38H39FN6O4S. The number of aromatic nitrogens is 2. The molecule has 0 saturated carbocycles. The van der Waals surface area contributed by atoms with Crippen molar-refractivity contribution in [3.05, 3.63) is 94.7 Å². The van der Waals surface area contributed by atoms with Gasteiger partial charge in [-0.1, -0.05) is 19.1 Å². The van der Waals surface area contributed by atoms with Gasteiger partial charge < -0.3 is 14.6 Å². The van der Waals surface area contributed by atoms with Crippen molar-refractivity contribution in [1.82, 2.24) is 20.2 Å². The van der Waals surface area contributed by atoms with Crippen LogP contribution < -0.4 is 14.5 Å². The third-order valence-electron chi connectivity index (χ3n) is 10.5. The molecule has 2 unspecified atom stereocenters. The maximum atomic E-state index is 15.2. The smallest absolute Gasteiger partial charge is 0.255 e. The Kier molecular flexibility index (Phi) is 7.72. The zero-order valence-corrected chi connectivity index (χ0v) is 29.5. The van der Waals surface area contributed by atoms with Gasteiger partial charge in [-0.05, 0) is 61.2 Å². The maximum absolute atomic E-state index is 15.2. The highest BCUT2D eigenvalue weighted by Crippen LogP contribution is 2.46. The summed E-state index contributed by atoms with van der Waals surface area (Å²) in [6, 6.07) is 16.5. The lowest BCUT2D eigenvalue weighted by molar-refractivity contribution is 0.0655. The summed E-state index contributed by atoms with van der Waals surface area (Å²) in [5, 5.41) is 3.25. The number of pyridine rings is 2. The van der Waals surface area contributed by atoms with E-state index in [9.17, 15) is 13.2 Å².